The van der Waals surface area contributed by atoms with Crippen molar-refractivity contribution < 1.29 is 59.4 Å². The number of hydrogen-bond acceptors (Lipinski definition) is 9. The molecule has 2 heterocycles. The highest BCUT2D eigenvalue weighted by Crippen LogP contribution is 2.57. The Hall–Kier alpha value is -4.42. The maximum absolute atomic E-state index is 14.4. The Morgan fingerprint density at radius 1 is 1.10 bits per heavy atom. The highest BCUT2D eigenvalue weighted by atomic mass is 32.2. The predicted molar refractivity (Wildman–Crippen MR) is 210 cm³/mol. The normalized spacial score (nSPS) is 24.9. The van der Waals surface area contributed by atoms with Gasteiger partial charge in [0.25, 0.3) is 0 Å². The molecule has 2 aliphatic heterocycles. The second-order valence-electron chi connectivity index (χ2n) is 17.6. The van der Waals surface area contributed by atoms with Crippen molar-refractivity contribution >= 4 is 39.9 Å². The van der Waals surface area contributed by atoms with Crippen LogP contribution in [0, 0.1) is 29.0 Å². The Morgan fingerprint density at radius 3 is 2.37 bits per heavy atom. The van der Waals surface area contributed by atoms with Gasteiger partial charge in [0.1, 0.15) is 24.0 Å². The minimum absolute atomic E-state index is 0.0484. The van der Waals surface area contributed by atoms with Gasteiger partial charge in [-0.1, -0.05) is 51.5 Å². The minimum atomic E-state index is -4.94. The lowest BCUT2D eigenvalue weighted by atomic mass is 9.85. The summed E-state index contributed by atoms with van der Waals surface area (Å²) in [5, 5.41) is 2.35. The van der Waals surface area contributed by atoms with Crippen LogP contribution in [-0.4, -0.2) is 89.4 Å². The molecule has 0 radical (unpaired) electrons. The van der Waals surface area contributed by atoms with Gasteiger partial charge in [-0.05, 0) is 95.1 Å². The van der Waals surface area contributed by atoms with Gasteiger partial charge in [0, 0.05) is 18.5 Å². The number of fused-ring (bicyclic) bond motifs is 1. The molecule has 4 N–H and O–H groups in total. The molecule has 1 aromatic rings. The van der Waals surface area contributed by atoms with Gasteiger partial charge in [0.15, 0.2) is 0 Å². The molecule has 5 amide bonds. The number of allylic oxidation sites excluding steroid dienone is 2. The summed E-state index contributed by atoms with van der Waals surface area (Å²) in [6.45, 7) is 8.17. The molecule has 14 nitrogen and oxygen atoms in total. The molecule has 4 aliphatic rings. The number of alkyl carbamates (subject to hydrolysis) is 1. The molecule has 19 heteroatoms. The number of ether oxygens (including phenoxy) is 2. The van der Waals surface area contributed by atoms with E-state index in [-0.39, 0.29) is 44.3 Å². The number of carbonyl (C=O) groups is 5. The fourth-order valence-corrected chi connectivity index (χ4v) is 9.48. The molecule has 0 spiro atoms. The highest BCUT2D eigenvalue weighted by molar-refractivity contribution is 7.91. The Bertz CT molecular complexity index is 1970. The summed E-state index contributed by atoms with van der Waals surface area (Å²) in [5.41, 5.74) is 2.94. The summed E-state index contributed by atoms with van der Waals surface area (Å²) in [4.78, 5) is 68.8. The van der Waals surface area contributed by atoms with E-state index in [0.29, 0.717) is 69.9 Å². The van der Waals surface area contributed by atoms with Crippen LogP contribution in [0.15, 0.2) is 30.4 Å². The molecule has 0 bridgehead atoms. The van der Waals surface area contributed by atoms with Crippen molar-refractivity contribution in [2.24, 2.45) is 28.9 Å². The summed E-state index contributed by atoms with van der Waals surface area (Å²) in [5.74, 6) is -3.63. The molecule has 7 atom stereocenters. The number of rotatable bonds is 17. The number of carbonyl (C=O) groups excluding carboxylic acids is 5. The van der Waals surface area contributed by atoms with Crippen LogP contribution >= 0.6 is 0 Å². The average Bonchev–Trinajstić information content (AvgIpc) is 3.97. The number of sulfonamides is 1. The zero-order valence-electron chi connectivity index (χ0n) is 34.9. The van der Waals surface area contributed by atoms with Gasteiger partial charge in [-0.2, -0.15) is 13.2 Å². The van der Waals surface area contributed by atoms with Crippen molar-refractivity contribution in [1.29, 1.82) is 0 Å². The number of likely N-dealkylation sites (tertiary alicyclic amines) is 1. The van der Waals surface area contributed by atoms with E-state index < -0.39 is 91.8 Å². The van der Waals surface area contributed by atoms with E-state index in [4.69, 9.17) is 15.2 Å². The third-order valence-electron chi connectivity index (χ3n) is 12.8. The van der Waals surface area contributed by atoms with Crippen molar-refractivity contribution in [3.05, 3.63) is 47.3 Å². The first-order valence-corrected chi connectivity index (χ1v) is 22.0. The van der Waals surface area contributed by atoms with Gasteiger partial charge < -0.3 is 25.4 Å². The lowest BCUT2D eigenvalue weighted by Gasteiger charge is -2.34. The van der Waals surface area contributed by atoms with Crippen molar-refractivity contribution in [1.82, 2.24) is 19.8 Å². The monoisotopic (exact) mass is 871 g/mol. The number of nitrogens with two attached hydrogens (primary N) is 1. The fourth-order valence-electron chi connectivity index (χ4n) is 8.15. The highest BCUT2D eigenvalue weighted by Gasteiger charge is 2.60. The molecule has 60 heavy (non-hydrogen) atoms. The molecule has 334 valence electrons. The zero-order chi connectivity index (χ0) is 44.6. The van der Waals surface area contributed by atoms with E-state index in [0.717, 1.165) is 4.90 Å². The van der Waals surface area contributed by atoms with Gasteiger partial charge in [-0.3, -0.25) is 24.0 Å². The molecule has 1 aromatic carbocycles. The first-order valence-electron chi connectivity index (χ1n) is 20.5. The standard InChI is InChI=1S/C41H57F4N5O9S/c1-7-25(18-24(3)12-9-10-14-27-20-40(27,8-2)35(53)48-60(56,57)39(6)16-17-39)32(47-36(54)59-38(4,5)41(43,44)45)34(52)50-22-28(19-31(50)33(46)51)58-37(55)49-21-26-13-11-15-30(42)29(26)23-49/h10-11,13-15,24-25,27-28,31-32H,7-9,12,16-23H2,1-6H3,(H2,46,51)(H,47,54)(H,48,53)/b14-10-/t24-,25-,27-,28-,31+,32+,40+/m1/s1. The van der Waals surface area contributed by atoms with Crippen LogP contribution in [0.25, 0.3) is 0 Å². The Morgan fingerprint density at radius 2 is 1.78 bits per heavy atom. The van der Waals surface area contributed by atoms with Crippen LogP contribution in [0.4, 0.5) is 27.2 Å². The minimum Gasteiger partial charge on any atom is -0.444 e. The van der Waals surface area contributed by atoms with Crippen molar-refractivity contribution in [3.63, 3.8) is 0 Å². The molecular weight excluding hydrogens is 815 g/mol. The number of hydrogen-bond donors (Lipinski definition) is 3. The number of alkyl halides is 3. The van der Waals surface area contributed by atoms with Gasteiger partial charge in [0.05, 0.1) is 23.3 Å². The Kier molecular flexibility index (Phi) is 13.6. The van der Waals surface area contributed by atoms with E-state index in [9.17, 15) is 50.0 Å². The molecule has 1 saturated heterocycles. The maximum atomic E-state index is 14.4. The SMILES string of the molecule is CC[C@H](C[C@H](C)CC/C=C\[C@@H]1C[C@]1(CC)C(=O)NS(=O)(=O)C1(C)CC1)[C@H](NC(=O)OC(C)(C)C(F)(F)F)C(=O)N1C[C@H](OC(=O)N2Cc3cccc(F)c3C2)C[C@H]1C(N)=O. The van der Waals surface area contributed by atoms with Crippen LogP contribution < -0.4 is 15.8 Å². The van der Waals surface area contributed by atoms with Gasteiger partial charge >= 0.3 is 18.4 Å². The van der Waals surface area contributed by atoms with Crippen LogP contribution in [-0.2, 0) is 47.0 Å². The summed E-state index contributed by atoms with van der Waals surface area (Å²) in [7, 11) is -3.77. The number of amides is 5. The number of nitrogens with one attached hydrogen (secondary N) is 2. The second-order valence-corrected chi connectivity index (χ2v) is 19.8. The van der Waals surface area contributed by atoms with Gasteiger partial charge in [-0.25, -0.2) is 22.4 Å². The molecule has 3 fully saturated rings. The molecule has 0 aromatic heterocycles. The predicted octanol–water partition coefficient (Wildman–Crippen LogP) is 5.97. The van der Waals surface area contributed by atoms with Crippen LogP contribution in [0.5, 0.6) is 0 Å². The summed E-state index contributed by atoms with van der Waals surface area (Å²) in [6.07, 6.45) is -0.923. The topological polar surface area (TPSA) is 195 Å². The smallest absolute Gasteiger partial charge is 0.427 e. The van der Waals surface area contributed by atoms with E-state index in [1.807, 2.05) is 26.0 Å². The van der Waals surface area contributed by atoms with Gasteiger partial charge in [0.2, 0.25) is 33.3 Å². The van der Waals surface area contributed by atoms with Crippen LogP contribution in [0.2, 0.25) is 0 Å². The van der Waals surface area contributed by atoms with E-state index in [1.165, 1.54) is 17.0 Å². The lowest BCUT2D eigenvalue weighted by molar-refractivity contribution is -0.244. The number of primary amides is 1. The molecule has 2 aliphatic carbocycles. The molecule has 2 saturated carbocycles. The van der Waals surface area contributed by atoms with E-state index in [2.05, 4.69) is 10.0 Å². The van der Waals surface area contributed by atoms with Crippen LogP contribution in [0.3, 0.4) is 0 Å². The number of benzene rings is 1. The Balaban J connectivity index is 1.25. The molecular formula is C41H57F4N5O9S. The summed E-state index contributed by atoms with van der Waals surface area (Å²) in [6, 6.07) is 1.73. The number of nitrogens with zero attached hydrogens (tertiary/aromatic N) is 2. The largest absolute Gasteiger partial charge is 0.444 e. The fraction of sp³-hybridized carbons (Fsp3) is 0.683. The quantitative estimate of drug-likeness (QED) is 0.125. The van der Waals surface area contributed by atoms with E-state index >= 15 is 0 Å². The summed E-state index contributed by atoms with van der Waals surface area (Å²) >= 11 is 0. The summed E-state index contributed by atoms with van der Waals surface area (Å²) < 4.78 is 92.6. The lowest BCUT2D eigenvalue weighted by Crippen LogP contribution is -2.57. The van der Waals surface area contributed by atoms with Crippen molar-refractivity contribution in [2.45, 2.75) is 147 Å². The Labute approximate surface area is 348 Å². The molecule has 5 rings (SSSR count). The van der Waals surface area contributed by atoms with Gasteiger partial charge in [-0.15, -0.1) is 0 Å². The van der Waals surface area contributed by atoms with Crippen molar-refractivity contribution in [2.75, 3.05) is 6.54 Å². The zero-order valence-corrected chi connectivity index (χ0v) is 35.7. The third kappa shape index (κ3) is 10.0. The van der Waals surface area contributed by atoms with Crippen molar-refractivity contribution in [3.8, 4) is 0 Å². The number of halogens is 4. The molecule has 0 unspecified atom stereocenters. The first kappa shape index (κ1) is 46.6. The second kappa shape index (κ2) is 17.5. The third-order valence-corrected chi connectivity index (χ3v) is 15.0. The average molecular weight is 872 g/mol. The first-order chi connectivity index (χ1) is 27.9. The van der Waals surface area contributed by atoms with Crippen LogP contribution in [0.1, 0.15) is 110 Å². The van der Waals surface area contributed by atoms with E-state index in [1.54, 1.807) is 19.9 Å². The maximum Gasteiger partial charge on any atom is 0.427 e.